The van der Waals surface area contributed by atoms with Crippen LogP contribution in [-0.4, -0.2) is 33.8 Å². The van der Waals surface area contributed by atoms with E-state index in [1.807, 2.05) is 44.2 Å². The van der Waals surface area contributed by atoms with Crippen LogP contribution in [0.1, 0.15) is 21.7 Å². The average Bonchev–Trinajstić information content (AvgIpc) is 3.01. The molecule has 3 heterocycles. The molecule has 3 aromatic rings. The molecule has 0 amide bonds. The van der Waals surface area contributed by atoms with E-state index < -0.39 is 0 Å². The van der Waals surface area contributed by atoms with Crippen molar-refractivity contribution in [1.82, 2.24) is 9.55 Å². The van der Waals surface area contributed by atoms with Gasteiger partial charge in [0, 0.05) is 23.1 Å². The van der Waals surface area contributed by atoms with Gasteiger partial charge in [-0.2, -0.15) is 0 Å². The van der Waals surface area contributed by atoms with E-state index in [0.717, 1.165) is 28.5 Å². The molecule has 4 rings (SSSR count). The summed E-state index contributed by atoms with van der Waals surface area (Å²) in [5.74, 6) is 1.87. The molecule has 1 aliphatic rings. The van der Waals surface area contributed by atoms with Gasteiger partial charge in [0.25, 0.3) is 0 Å². The largest absolute Gasteiger partial charge is 0.486 e. The van der Waals surface area contributed by atoms with Gasteiger partial charge in [-0.15, -0.1) is 0 Å². The minimum absolute atomic E-state index is 0.0576. The second-order valence-corrected chi connectivity index (χ2v) is 8.27. The molecule has 0 saturated heterocycles. The quantitative estimate of drug-likeness (QED) is 0.410. The van der Waals surface area contributed by atoms with Gasteiger partial charge < -0.3 is 14.0 Å². The second-order valence-electron chi connectivity index (χ2n) is 6.90. The molecular weight excluding hydrogens is 408 g/mol. The van der Waals surface area contributed by atoms with Crippen molar-refractivity contribution in [3.8, 4) is 11.5 Å². The summed E-state index contributed by atoms with van der Waals surface area (Å²) >= 11 is 7.49. The lowest BCUT2D eigenvalue weighted by atomic mass is 10.2. The molecule has 0 fully saturated rings. The van der Waals surface area contributed by atoms with E-state index in [9.17, 15) is 4.79 Å². The molecule has 0 aliphatic carbocycles. The molecule has 1 aliphatic heterocycles. The van der Waals surface area contributed by atoms with Crippen LogP contribution < -0.4 is 9.47 Å². The van der Waals surface area contributed by atoms with E-state index in [0.29, 0.717) is 23.2 Å². The Hall–Kier alpha value is -2.44. The Kier molecular flexibility index (Phi) is 5.83. The normalized spacial score (nSPS) is 15.3. The van der Waals surface area contributed by atoms with Crippen LogP contribution >= 0.6 is 23.4 Å². The molecule has 0 saturated carbocycles. The molecule has 2 aromatic heterocycles. The Morgan fingerprint density at radius 2 is 2.03 bits per heavy atom. The zero-order valence-electron chi connectivity index (χ0n) is 16.2. The van der Waals surface area contributed by atoms with Crippen molar-refractivity contribution < 1.29 is 14.3 Å². The van der Waals surface area contributed by atoms with Gasteiger partial charge in [0.15, 0.2) is 23.4 Å². The van der Waals surface area contributed by atoms with E-state index >= 15 is 0 Å². The Morgan fingerprint density at radius 3 is 2.83 bits per heavy atom. The summed E-state index contributed by atoms with van der Waals surface area (Å²) in [7, 11) is 0. The van der Waals surface area contributed by atoms with Crippen LogP contribution in [0.5, 0.6) is 11.5 Å². The number of carbonyl (C=O) groups is 1. The molecule has 0 bridgehead atoms. The van der Waals surface area contributed by atoms with Crippen LogP contribution in [0.25, 0.3) is 0 Å². The number of ketones is 1. The molecule has 1 unspecified atom stereocenters. The Labute approximate surface area is 179 Å². The predicted molar refractivity (Wildman–Crippen MR) is 115 cm³/mol. The van der Waals surface area contributed by atoms with E-state index in [4.69, 9.17) is 21.1 Å². The summed E-state index contributed by atoms with van der Waals surface area (Å²) in [5.41, 5.74) is 2.68. The zero-order valence-corrected chi connectivity index (χ0v) is 17.8. The number of aryl methyl sites for hydroxylation is 1. The fraction of sp³-hybridized carbons (Fsp3) is 0.273. The summed E-state index contributed by atoms with van der Waals surface area (Å²) in [6.45, 7) is 5.07. The smallest absolute Gasteiger partial charge is 0.174 e. The highest BCUT2D eigenvalue weighted by molar-refractivity contribution is 8.00. The van der Waals surface area contributed by atoms with Crippen molar-refractivity contribution in [2.75, 3.05) is 12.4 Å². The van der Waals surface area contributed by atoms with E-state index in [-0.39, 0.29) is 17.6 Å². The van der Waals surface area contributed by atoms with Crippen LogP contribution in [0, 0.1) is 13.8 Å². The number of hydrogen-bond acceptors (Lipinski definition) is 5. The highest BCUT2D eigenvalue weighted by Gasteiger charge is 2.24. The minimum Gasteiger partial charge on any atom is -0.486 e. The van der Waals surface area contributed by atoms with Gasteiger partial charge in [0.1, 0.15) is 11.6 Å². The maximum absolute atomic E-state index is 12.8. The van der Waals surface area contributed by atoms with Crippen LogP contribution in [0.15, 0.2) is 53.7 Å². The highest BCUT2D eigenvalue weighted by atomic mass is 35.5. The molecule has 7 heteroatoms. The molecular formula is C22H21ClN2O3S. The number of rotatable bonds is 6. The molecule has 29 heavy (non-hydrogen) atoms. The summed E-state index contributed by atoms with van der Waals surface area (Å²) < 4.78 is 14.0. The lowest BCUT2D eigenvalue weighted by Gasteiger charge is -2.27. The minimum atomic E-state index is -0.112. The molecule has 5 nitrogen and oxygen atoms in total. The van der Waals surface area contributed by atoms with Gasteiger partial charge in [-0.1, -0.05) is 35.5 Å². The van der Waals surface area contributed by atoms with Gasteiger partial charge in [-0.25, -0.2) is 4.98 Å². The number of carbonyl (C=O) groups excluding carboxylic acids is 1. The second kappa shape index (κ2) is 8.51. The first-order chi connectivity index (χ1) is 14.0. The summed E-state index contributed by atoms with van der Waals surface area (Å²) in [6.07, 6.45) is 1.56. The van der Waals surface area contributed by atoms with Crippen LogP contribution in [-0.2, 0) is 6.54 Å². The SMILES string of the molecule is Cc1cc(C(=O)CSc2ncccc2Cl)c(C)n1CC1COc2ccccc2O1. The highest BCUT2D eigenvalue weighted by Crippen LogP contribution is 2.32. The van der Waals surface area contributed by atoms with Gasteiger partial charge >= 0.3 is 0 Å². The van der Waals surface area contributed by atoms with Crippen LogP contribution in [0.3, 0.4) is 0 Å². The third kappa shape index (κ3) is 4.28. The maximum atomic E-state index is 12.8. The number of thioether (sulfide) groups is 1. The molecule has 1 aromatic carbocycles. The number of aromatic nitrogens is 2. The van der Waals surface area contributed by atoms with E-state index in [1.54, 1.807) is 18.3 Å². The Balaban J connectivity index is 1.45. The number of halogens is 1. The first-order valence-electron chi connectivity index (χ1n) is 9.34. The van der Waals surface area contributed by atoms with Gasteiger partial charge in [-0.3, -0.25) is 4.79 Å². The fourth-order valence-corrected chi connectivity index (χ4v) is 4.46. The third-order valence-corrected chi connectivity index (χ3v) is 6.31. The fourth-order valence-electron chi connectivity index (χ4n) is 3.41. The average molecular weight is 429 g/mol. The van der Waals surface area contributed by atoms with Crippen molar-refractivity contribution in [3.05, 3.63) is 70.6 Å². The monoisotopic (exact) mass is 428 g/mol. The van der Waals surface area contributed by atoms with Crippen molar-refractivity contribution in [2.45, 2.75) is 31.5 Å². The number of pyridine rings is 1. The molecule has 0 radical (unpaired) electrons. The number of benzene rings is 1. The zero-order chi connectivity index (χ0) is 20.4. The van der Waals surface area contributed by atoms with Crippen LogP contribution in [0.2, 0.25) is 5.02 Å². The number of nitrogens with zero attached hydrogens (tertiary/aromatic N) is 2. The first kappa shape index (κ1) is 19.9. The lowest BCUT2D eigenvalue weighted by molar-refractivity contribution is 0.0777. The summed E-state index contributed by atoms with van der Waals surface area (Å²) in [6, 6.07) is 13.2. The number of Topliss-reactive ketones (excluding diaryl/α,β-unsaturated/α-hetero) is 1. The number of para-hydroxylation sites is 2. The molecule has 1 atom stereocenters. The Morgan fingerprint density at radius 1 is 1.24 bits per heavy atom. The number of ether oxygens (including phenoxy) is 2. The Bertz CT molecular complexity index is 1050. The van der Waals surface area contributed by atoms with E-state index in [1.165, 1.54) is 11.8 Å². The van der Waals surface area contributed by atoms with Gasteiger partial charge in [-0.05, 0) is 44.2 Å². The number of fused-ring (bicyclic) bond motifs is 1. The van der Waals surface area contributed by atoms with Crippen LogP contribution in [0.4, 0.5) is 0 Å². The molecule has 150 valence electrons. The van der Waals surface area contributed by atoms with Crippen molar-refractivity contribution in [1.29, 1.82) is 0 Å². The van der Waals surface area contributed by atoms with Crippen molar-refractivity contribution in [3.63, 3.8) is 0 Å². The summed E-state index contributed by atoms with van der Waals surface area (Å²) in [5, 5.41) is 1.23. The topological polar surface area (TPSA) is 53.4 Å². The number of hydrogen-bond donors (Lipinski definition) is 0. The van der Waals surface area contributed by atoms with Gasteiger partial charge in [0.05, 0.1) is 17.3 Å². The predicted octanol–water partition coefficient (Wildman–Crippen LogP) is 4.97. The standard InChI is InChI=1S/C22H21ClN2O3S/c1-14-10-17(19(26)13-29-22-18(23)6-5-9-24-22)15(2)25(14)11-16-12-27-20-7-3-4-8-21(20)28-16/h3-10,16H,11-13H2,1-2H3. The molecule has 0 spiro atoms. The molecule has 0 N–H and O–H groups in total. The first-order valence-corrected chi connectivity index (χ1v) is 10.7. The van der Waals surface area contributed by atoms with Crippen molar-refractivity contribution >= 4 is 29.1 Å². The lowest BCUT2D eigenvalue weighted by Crippen LogP contribution is -2.33. The maximum Gasteiger partial charge on any atom is 0.174 e. The summed E-state index contributed by atoms with van der Waals surface area (Å²) in [4.78, 5) is 17.0. The van der Waals surface area contributed by atoms with Gasteiger partial charge in [0.2, 0.25) is 0 Å². The van der Waals surface area contributed by atoms with Crippen molar-refractivity contribution in [2.24, 2.45) is 0 Å². The van der Waals surface area contributed by atoms with E-state index in [2.05, 4.69) is 9.55 Å². The third-order valence-electron chi connectivity index (χ3n) is 4.89.